The van der Waals surface area contributed by atoms with E-state index in [9.17, 15) is 9.59 Å². The predicted octanol–water partition coefficient (Wildman–Crippen LogP) is 1.23. The second kappa shape index (κ2) is 2.58. The first-order chi connectivity index (χ1) is 6.16. The number of allylic oxidation sites excluding steroid dienone is 2. The van der Waals surface area contributed by atoms with Gasteiger partial charge in [-0.3, -0.25) is 4.79 Å². The quantitative estimate of drug-likeness (QED) is 0.572. The van der Waals surface area contributed by atoms with Crippen LogP contribution in [0.15, 0.2) is 12.2 Å². The van der Waals surface area contributed by atoms with E-state index in [1.165, 1.54) is 0 Å². The number of carboxylic acid groups (broad SMARTS) is 1. The molecule has 1 fully saturated rings. The van der Waals surface area contributed by atoms with E-state index < -0.39 is 11.5 Å². The maximum Gasteiger partial charge on any atom is 0.414 e. The second-order valence-corrected chi connectivity index (χ2v) is 3.65. The van der Waals surface area contributed by atoms with Crippen LogP contribution >= 0.6 is 0 Å². The average molecular weight is 181 g/mol. The Hall–Kier alpha value is -1.32. The third-order valence-electron chi connectivity index (χ3n) is 2.93. The van der Waals surface area contributed by atoms with Crippen molar-refractivity contribution in [2.75, 3.05) is 6.54 Å². The van der Waals surface area contributed by atoms with Gasteiger partial charge in [0.05, 0.1) is 5.41 Å². The maximum atomic E-state index is 11.7. The number of amides is 2. The van der Waals surface area contributed by atoms with Crippen LogP contribution in [-0.4, -0.2) is 28.6 Å². The fourth-order valence-electron chi connectivity index (χ4n) is 2.08. The minimum absolute atomic E-state index is 0.218. The number of imide groups is 1. The standard InChI is InChI=1S/C9H11NO3/c11-7-9(3-1-2-4-9)5-6-10(7)8(12)13/h1-2H,3-6H2,(H,12,13). The number of carbonyl (C=O) groups excluding carboxylic acids is 1. The maximum absolute atomic E-state index is 11.7. The van der Waals surface area contributed by atoms with Gasteiger partial charge in [0.15, 0.2) is 0 Å². The molecule has 1 N–H and O–H groups in total. The molecule has 0 saturated carbocycles. The summed E-state index contributed by atoms with van der Waals surface area (Å²) in [6, 6.07) is 0. The normalized spacial score (nSPS) is 24.6. The van der Waals surface area contributed by atoms with Gasteiger partial charge < -0.3 is 5.11 Å². The Kier molecular flexibility index (Phi) is 1.65. The van der Waals surface area contributed by atoms with Crippen molar-refractivity contribution in [1.82, 2.24) is 4.90 Å². The number of carbonyl (C=O) groups is 2. The van der Waals surface area contributed by atoms with Gasteiger partial charge in [-0.25, -0.2) is 9.69 Å². The van der Waals surface area contributed by atoms with Crippen molar-refractivity contribution in [1.29, 1.82) is 0 Å². The Bertz CT molecular complexity index is 287. The SMILES string of the molecule is O=C(O)N1CCC2(CC=CC2)C1=O. The molecular weight excluding hydrogens is 170 g/mol. The first-order valence-electron chi connectivity index (χ1n) is 4.36. The molecule has 1 spiro atoms. The van der Waals surface area contributed by atoms with Crippen molar-refractivity contribution >= 4 is 12.0 Å². The van der Waals surface area contributed by atoms with E-state index in [1.54, 1.807) is 0 Å². The van der Waals surface area contributed by atoms with Gasteiger partial charge in [0.1, 0.15) is 0 Å². The summed E-state index contributed by atoms with van der Waals surface area (Å²) >= 11 is 0. The van der Waals surface area contributed by atoms with Crippen LogP contribution in [0.25, 0.3) is 0 Å². The molecule has 0 unspecified atom stereocenters. The monoisotopic (exact) mass is 181 g/mol. The van der Waals surface area contributed by atoms with E-state index in [4.69, 9.17) is 5.11 Å². The van der Waals surface area contributed by atoms with Gasteiger partial charge in [-0.2, -0.15) is 0 Å². The summed E-state index contributed by atoms with van der Waals surface area (Å²) < 4.78 is 0. The topological polar surface area (TPSA) is 57.6 Å². The number of rotatable bonds is 0. The molecule has 0 radical (unpaired) electrons. The van der Waals surface area contributed by atoms with Crippen LogP contribution in [0, 0.1) is 5.41 Å². The molecule has 1 aliphatic carbocycles. The second-order valence-electron chi connectivity index (χ2n) is 3.65. The van der Waals surface area contributed by atoms with Crippen molar-refractivity contribution in [3.63, 3.8) is 0 Å². The van der Waals surface area contributed by atoms with Gasteiger partial charge in [0.2, 0.25) is 5.91 Å². The zero-order chi connectivity index (χ0) is 9.47. The fourth-order valence-corrected chi connectivity index (χ4v) is 2.08. The molecular formula is C9H11NO3. The zero-order valence-corrected chi connectivity index (χ0v) is 7.19. The lowest BCUT2D eigenvalue weighted by Crippen LogP contribution is -2.36. The smallest absolute Gasteiger partial charge is 0.414 e. The van der Waals surface area contributed by atoms with Gasteiger partial charge in [0.25, 0.3) is 0 Å². The van der Waals surface area contributed by atoms with Crippen molar-refractivity contribution in [3.05, 3.63) is 12.2 Å². The molecule has 70 valence electrons. The van der Waals surface area contributed by atoms with E-state index in [0.717, 1.165) is 4.90 Å². The Labute approximate surface area is 75.8 Å². The fraction of sp³-hybridized carbons (Fsp3) is 0.556. The number of nitrogens with zero attached hydrogens (tertiary/aromatic N) is 1. The van der Waals surface area contributed by atoms with Gasteiger partial charge in [-0.15, -0.1) is 0 Å². The van der Waals surface area contributed by atoms with E-state index >= 15 is 0 Å². The minimum atomic E-state index is -1.12. The molecule has 13 heavy (non-hydrogen) atoms. The first-order valence-corrected chi connectivity index (χ1v) is 4.36. The number of hydrogen-bond donors (Lipinski definition) is 1. The molecule has 0 aromatic carbocycles. The third-order valence-corrected chi connectivity index (χ3v) is 2.93. The lowest BCUT2D eigenvalue weighted by Gasteiger charge is -2.19. The van der Waals surface area contributed by atoms with Crippen molar-refractivity contribution in [2.24, 2.45) is 5.41 Å². The molecule has 0 aromatic heterocycles. The molecule has 2 rings (SSSR count). The highest BCUT2D eigenvalue weighted by atomic mass is 16.4. The van der Waals surface area contributed by atoms with Crippen LogP contribution in [0.3, 0.4) is 0 Å². The van der Waals surface area contributed by atoms with E-state index in [1.807, 2.05) is 12.2 Å². The Balaban J connectivity index is 2.20. The predicted molar refractivity (Wildman–Crippen MR) is 45.2 cm³/mol. The van der Waals surface area contributed by atoms with Gasteiger partial charge >= 0.3 is 6.09 Å². The van der Waals surface area contributed by atoms with Crippen LogP contribution in [0.2, 0.25) is 0 Å². The summed E-state index contributed by atoms with van der Waals surface area (Å²) in [5.41, 5.74) is -0.404. The van der Waals surface area contributed by atoms with Gasteiger partial charge in [-0.1, -0.05) is 12.2 Å². The largest absolute Gasteiger partial charge is 0.465 e. The van der Waals surface area contributed by atoms with Gasteiger partial charge in [-0.05, 0) is 19.3 Å². The zero-order valence-electron chi connectivity index (χ0n) is 7.19. The Morgan fingerprint density at radius 1 is 1.46 bits per heavy atom. The molecule has 0 aromatic rings. The van der Waals surface area contributed by atoms with Crippen molar-refractivity contribution < 1.29 is 14.7 Å². The molecule has 4 heteroatoms. The first kappa shape index (κ1) is 8.29. The van der Waals surface area contributed by atoms with Crippen LogP contribution in [0.4, 0.5) is 4.79 Å². The highest BCUT2D eigenvalue weighted by Crippen LogP contribution is 2.42. The van der Waals surface area contributed by atoms with Crippen molar-refractivity contribution in [2.45, 2.75) is 19.3 Å². The molecule has 1 aliphatic heterocycles. The summed E-state index contributed by atoms with van der Waals surface area (Å²) in [7, 11) is 0. The van der Waals surface area contributed by atoms with E-state index in [-0.39, 0.29) is 5.91 Å². The van der Waals surface area contributed by atoms with Crippen LogP contribution < -0.4 is 0 Å². The Morgan fingerprint density at radius 3 is 2.54 bits per heavy atom. The molecule has 0 bridgehead atoms. The summed E-state index contributed by atoms with van der Waals surface area (Å²) in [6.45, 7) is 0.357. The lowest BCUT2D eigenvalue weighted by molar-refractivity contribution is -0.133. The molecule has 1 saturated heterocycles. The summed E-state index contributed by atoms with van der Waals surface area (Å²) in [5, 5.41) is 8.71. The molecule has 1 heterocycles. The van der Waals surface area contributed by atoms with Crippen LogP contribution in [-0.2, 0) is 4.79 Å². The lowest BCUT2D eigenvalue weighted by atomic mass is 9.84. The number of likely N-dealkylation sites (tertiary alicyclic amines) is 1. The van der Waals surface area contributed by atoms with Crippen molar-refractivity contribution in [3.8, 4) is 0 Å². The highest BCUT2D eigenvalue weighted by molar-refractivity contribution is 5.97. The summed E-state index contributed by atoms with van der Waals surface area (Å²) in [4.78, 5) is 23.3. The minimum Gasteiger partial charge on any atom is -0.465 e. The van der Waals surface area contributed by atoms with Gasteiger partial charge in [0, 0.05) is 6.54 Å². The van der Waals surface area contributed by atoms with Crippen LogP contribution in [0.1, 0.15) is 19.3 Å². The van der Waals surface area contributed by atoms with E-state index in [2.05, 4.69) is 0 Å². The average Bonchev–Trinajstić information content (AvgIpc) is 2.64. The third kappa shape index (κ3) is 1.05. The van der Waals surface area contributed by atoms with E-state index in [0.29, 0.717) is 25.8 Å². The Morgan fingerprint density at radius 2 is 2.08 bits per heavy atom. The molecule has 2 amide bonds. The highest BCUT2D eigenvalue weighted by Gasteiger charge is 2.48. The summed E-state index contributed by atoms with van der Waals surface area (Å²) in [6.07, 6.45) is 4.89. The molecule has 2 aliphatic rings. The summed E-state index contributed by atoms with van der Waals surface area (Å²) in [5.74, 6) is -0.218. The van der Waals surface area contributed by atoms with Crippen LogP contribution in [0.5, 0.6) is 0 Å². The number of hydrogen-bond acceptors (Lipinski definition) is 2. The molecule has 4 nitrogen and oxygen atoms in total. The molecule has 0 atom stereocenters.